The number of benzene rings is 2. The molecule has 0 radical (unpaired) electrons. The van der Waals surface area contributed by atoms with Crippen LogP contribution in [0.2, 0.25) is 0 Å². The van der Waals surface area contributed by atoms with E-state index in [0.29, 0.717) is 17.9 Å². The summed E-state index contributed by atoms with van der Waals surface area (Å²) in [6.07, 6.45) is 0.704. The molecule has 2 aromatic rings. The number of amides is 2. The number of aliphatic hydroxyl groups is 1. The first-order valence-corrected chi connectivity index (χ1v) is 8.09. The van der Waals surface area contributed by atoms with E-state index in [9.17, 15) is 9.59 Å². The van der Waals surface area contributed by atoms with Gasteiger partial charge in [-0.3, -0.25) is 9.59 Å². The minimum atomic E-state index is -0.585. The van der Waals surface area contributed by atoms with E-state index < -0.39 is 6.04 Å². The largest absolute Gasteiger partial charge is 0.497 e. The lowest BCUT2D eigenvalue weighted by Gasteiger charge is -2.16. The van der Waals surface area contributed by atoms with Crippen molar-refractivity contribution < 1.29 is 19.4 Å². The first-order chi connectivity index (χ1) is 12.1. The van der Waals surface area contributed by atoms with Crippen molar-refractivity contribution in [3.05, 3.63) is 54.1 Å². The highest BCUT2D eigenvalue weighted by molar-refractivity contribution is 6.23. The molecule has 1 aliphatic heterocycles. The van der Waals surface area contributed by atoms with Crippen molar-refractivity contribution >= 4 is 23.2 Å². The lowest BCUT2D eigenvalue weighted by atomic mass is 10.1. The molecule has 0 bridgehead atoms. The van der Waals surface area contributed by atoms with Crippen LogP contribution in [0.5, 0.6) is 5.75 Å². The smallest absolute Gasteiger partial charge is 0.256 e. The predicted octanol–water partition coefficient (Wildman–Crippen LogP) is 1.97. The molecule has 0 spiro atoms. The zero-order valence-corrected chi connectivity index (χ0v) is 13.9. The molecule has 1 fully saturated rings. The Hall–Kier alpha value is -2.86. The number of ether oxygens (including phenoxy) is 1. The summed E-state index contributed by atoms with van der Waals surface area (Å²) in [5, 5.41) is 12.1. The topological polar surface area (TPSA) is 78.9 Å². The van der Waals surface area contributed by atoms with Crippen LogP contribution in [0.15, 0.2) is 48.5 Å². The Morgan fingerprint density at radius 3 is 2.40 bits per heavy atom. The number of hydrogen-bond donors (Lipinski definition) is 2. The van der Waals surface area contributed by atoms with Crippen molar-refractivity contribution in [3.8, 4) is 5.75 Å². The molecule has 6 nitrogen and oxygen atoms in total. The minimum Gasteiger partial charge on any atom is -0.497 e. The molecule has 6 heteroatoms. The quantitative estimate of drug-likeness (QED) is 0.786. The molecule has 1 heterocycles. The summed E-state index contributed by atoms with van der Waals surface area (Å²) in [6, 6.07) is 13.7. The fraction of sp³-hybridized carbons (Fsp3) is 0.263. The van der Waals surface area contributed by atoms with Gasteiger partial charge in [0.1, 0.15) is 11.8 Å². The Morgan fingerprint density at radius 1 is 1.12 bits per heavy atom. The molecule has 0 aliphatic carbocycles. The number of carbonyl (C=O) groups is 2. The van der Waals surface area contributed by atoms with Crippen LogP contribution >= 0.6 is 0 Å². The summed E-state index contributed by atoms with van der Waals surface area (Å²) in [5.41, 5.74) is 2.32. The summed E-state index contributed by atoms with van der Waals surface area (Å²) in [5.74, 6) is 0.166. The van der Waals surface area contributed by atoms with Gasteiger partial charge in [-0.1, -0.05) is 12.1 Å². The Bertz CT molecular complexity index is 756. The second-order valence-electron chi connectivity index (χ2n) is 5.84. The van der Waals surface area contributed by atoms with Gasteiger partial charge in [-0.05, 0) is 48.4 Å². The van der Waals surface area contributed by atoms with Gasteiger partial charge >= 0.3 is 0 Å². The maximum Gasteiger partial charge on any atom is 0.256 e. The maximum absolute atomic E-state index is 12.6. The van der Waals surface area contributed by atoms with E-state index in [4.69, 9.17) is 9.84 Å². The van der Waals surface area contributed by atoms with Crippen molar-refractivity contribution in [2.24, 2.45) is 0 Å². The van der Waals surface area contributed by atoms with Crippen LogP contribution in [0.1, 0.15) is 12.0 Å². The van der Waals surface area contributed by atoms with Gasteiger partial charge in [-0.25, -0.2) is 4.90 Å². The second kappa shape index (κ2) is 7.36. The van der Waals surface area contributed by atoms with E-state index >= 15 is 0 Å². The number of nitrogens with zero attached hydrogens (tertiary/aromatic N) is 1. The summed E-state index contributed by atoms with van der Waals surface area (Å²) < 4.78 is 5.10. The molecule has 130 valence electrons. The Balaban J connectivity index is 1.71. The summed E-state index contributed by atoms with van der Waals surface area (Å²) in [4.78, 5) is 26.1. The van der Waals surface area contributed by atoms with Gasteiger partial charge in [-0.15, -0.1) is 0 Å². The zero-order valence-electron chi connectivity index (χ0n) is 13.9. The number of anilines is 2. The third-order valence-corrected chi connectivity index (χ3v) is 4.17. The van der Waals surface area contributed by atoms with Crippen molar-refractivity contribution in [2.45, 2.75) is 18.9 Å². The van der Waals surface area contributed by atoms with Gasteiger partial charge in [-0.2, -0.15) is 0 Å². The third kappa shape index (κ3) is 3.64. The van der Waals surface area contributed by atoms with Gasteiger partial charge in [0.15, 0.2) is 0 Å². The van der Waals surface area contributed by atoms with Gasteiger partial charge in [0.2, 0.25) is 5.91 Å². The van der Waals surface area contributed by atoms with Crippen LogP contribution in [0.4, 0.5) is 11.4 Å². The van der Waals surface area contributed by atoms with Crippen LogP contribution in [-0.2, 0) is 16.0 Å². The molecular weight excluding hydrogens is 320 g/mol. The molecular formula is C19H20N2O4. The highest BCUT2D eigenvalue weighted by Gasteiger charge is 2.39. The number of hydrogen-bond acceptors (Lipinski definition) is 5. The monoisotopic (exact) mass is 340 g/mol. The highest BCUT2D eigenvalue weighted by atomic mass is 16.5. The van der Waals surface area contributed by atoms with E-state index in [2.05, 4.69) is 5.32 Å². The van der Waals surface area contributed by atoms with E-state index in [1.54, 1.807) is 31.4 Å². The lowest BCUT2D eigenvalue weighted by Crippen LogP contribution is -2.34. The average molecular weight is 340 g/mol. The third-order valence-electron chi connectivity index (χ3n) is 4.17. The maximum atomic E-state index is 12.6. The van der Waals surface area contributed by atoms with Crippen LogP contribution in [0.25, 0.3) is 0 Å². The van der Waals surface area contributed by atoms with Crippen molar-refractivity contribution in [2.75, 3.05) is 23.9 Å². The number of rotatable bonds is 6. The van der Waals surface area contributed by atoms with Crippen molar-refractivity contribution in [3.63, 3.8) is 0 Å². The fourth-order valence-electron chi connectivity index (χ4n) is 2.85. The van der Waals surface area contributed by atoms with Gasteiger partial charge in [0, 0.05) is 12.3 Å². The van der Waals surface area contributed by atoms with E-state index in [0.717, 1.165) is 11.3 Å². The van der Waals surface area contributed by atoms with Crippen LogP contribution < -0.4 is 15.0 Å². The van der Waals surface area contributed by atoms with Gasteiger partial charge < -0.3 is 15.2 Å². The molecule has 0 saturated carbocycles. The summed E-state index contributed by atoms with van der Waals surface area (Å²) in [6.45, 7) is 0.0964. The molecule has 3 rings (SSSR count). The molecule has 2 N–H and O–H groups in total. The Morgan fingerprint density at radius 2 is 1.80 bits per heavy atom. The number of imide groups is 1. The van der Waals surface area contributed by atoms with Crippen LogP contribution in [-0.4, -0.2) is 36.7 Å². The molecule has 0 aromatic heterocycles. The lowest BCUT2D eigenvalue weighted by molar-refractivity contribution is -0.121. The molecule has 2 aromatic carbocycles. The van der Waals surface area contributed by atoms with Gasteiger partial charge in [0.25, 0.3) is 5.91 Å². The average Bonchev–Trinajstić information content (AvgIpc) is 2.90. The number of nitrogens with one attached hydrogen (secondary N) is 1. The van der Waals surface area contributed by atoms with Gasteiger partial charge in [0.05, 0.1) is 19.2 Å². The standard InChI is InChI=1S/C19H20N2O4/c1-25-16-8-6-15(7-9-16)21-18(23)12-17(19(21)24)20-14-4-2-13(3-5-14)10-11-22/h2-9,17,20,22H,10-12H2,1H3/t17-/m0/s1. The molecule has 1 aliphatic rings. The second-order valence-corrected chi connectivity index (χ2v) is 5.84. The Labute approximate surface area is 146 Å². The van der Waals surface area contributed by atoms with E-state index in [1.165, 1.54) is 4.90 Å². The number of methoxy groups -OCH3 is 1. The van der Waals surface area contributed by atoms with Crippen molar-refractivity contribution in [1.29, 1.82) is 0 Å². The first-order valence-electron chi connectivity index (χ1n) is 8.09. The number of carbonyl (C=O) groups excluding carboxylic acids is 2. The minimum absolute atomic E-state index is 0.0964. The van der Waals surface area contributed by atoms with E-state index in [-0.39, 0.29) is 24.8 Å². The van der Waals surface area contributed by atoms with E-state index in [1.807, 2.05) is 24.3 Å². The van der Waals surface area contributed by atoms with Crippen LogP contribution in [0, 0.1) is 0 Å². The Kier molecular flexibility index (Phi) is 5.00. The molecule has 0 unspecified atom stereocenters. The van der Waals surface area contributed by atoms with Crippen molar-refractivity contribution in [1.82, 2.24) is 0 Å². The highest BCUT2D eigenvalue weighted by Crippen LogP contribution is 2.26. The normalized spacial score (nSPS) is 17.0. The zero-order chi connectivity index (χ0) is 17.8. The van der Waals surface area contributed by atoms with Crippen LogP contribution in [0.3, 0.4) is 0 Å². The summed E-state index contributed by atoms with van der Waals surface area (Å²) in [7, 11) is 1.56. The summed E-state index contributed by atoms with van der Waals surface area (Å²) >= 11 is 0. The SMILES string of the molecule is COc1ccc(N2C(=O)C[C@H](Nc3ccc(CCO)cc3)C2=O)cc1. The molecule has 25 heavy (non-hydrogen) atoms. The fourth-order valence-corrected chi connectivity index (χ4v) is 2.85. The number of aliphatic hydroxyl groups excluding tert-OH is 1. The predicted molar refractivity (Wildman–Crippen MR) is 94.7 cm³/mol. The molecule has 1 atom stereocenters. The first kappa shape index (κ1) is 17.0. The molecule has 1 saturated heterocycles. The molecule has 2 amide bonds.